The second-order valence-electron chi connectivity index (χ2n) is 4.91. The van der Waals surface area contributed by atoms with Gasteiger partial charge in [0.2, 0.25) is 11.7 Å². The summed E-state index contributed by atoms with van der Waals surface area (Å²) < 4.78 is 17.7. The number of allylic oxidation sites excluding steroid dienone is 1. The molecule has 9 nitrogen and oxygen atoms in total. The summed E-state index contributed by atoms with van der Waals surface area (Å²) in [5.41, 5.74) is 0.680. The molecule has 0 amide bonds. The van der Waals surface area contributed by atoms with Crippen LogP contribution < -0.4 is 19.5 Å². The number of aromatic nitrogens is 3. The van der Waals surface area contributed by atoms with Crippen molar-refractivity contribution in [1.29, 1.82) is 0 Å². The molecule has 9 heteroatoms. The molecular formula is C15H16N4O5. The number of methoxy groups -OCH3 is 3. The van der Waals surface area contributed by atoms with Gasteiger partial charge < -0.3 is 24.6 Å². The van der Waals surface area contributed by atoms with E-state index in [4.69, 9.17) is 14.2 Å². The van der Waals surface area contributed by atoms with Crippen LogP contribution in [0.3, 0.4) is 0 Å². The van der Waals surface area contributed by atoms with E-state index < -0.39 is 12.0 Å². The van der Waals surface area contributed by atoms with Crippen molar-refractivity contribution in [2.75, 3.05) is 26.6 Å². The summed E-state index contributed by atoms with van der Waals surface area (Å²) in [6.07, 6.45) is 2.88. The fourth-order valence-corrected chi connectivity index (χ4v) is 2.64. The molecule has 0 saturated carbocycles. The van der Waals surface area contributed by atoms with Crippen LogP contribution in [0.5, 0.6) is 17.2 Å². The first kappa shape index (κ1) is 15.7. The van der Waals surface area contributed by atoms with Gasteiger partial charge in [0, 0.05) is 5.56 Å². The van der Waals surface area contributed by atoms with E-state index in [9.17, 15) is 9.90 Å². The van der Waals surface area contributed by atoms with Gasteiger partial charge in [-0.2, -0.15) is 10.1 Å². The van der Waals surface area contributed by atoms with Crippen molar-refractivity contribution in [3.8, 4) is 17.2 Å². The van der Waals surface area contributed by atoms with Crippen molar-refractivity contribution in [1.82, 2.24) is 14.8 Å². The van der Waals surface area contributed by atoms with Gasteiger partial charge in [-0.25, -0.2) is 9.48 Å². The number of anilines is 1. The third-order valence-corrected chi connectivity index (χ3v) is 3.69. The highest BCUT2D eigenvalue weighted by Crippen LogP contribution is 2.44. The molecule has 2 aromatic rings. The van der Waals surface area contributed by atoms with Gasteiger partial charge in [-0.15, -0.1) is 0 Å². The fourth-order valence-electron chi connectivity index (χ4n) is 2.64. The molecule has 1 aliphatic heterocycles. The van der Waals surface area contributed by atoms with Gasteiger partial charge >= 0.3 is 5.97 Å². The summed E-state index contributed by atoms with van der Waals surface area (Å²) in [6.45, 7) is 0. The molecular weight excluding hydrogens is 316 g/mol. The van der Waals surface area contributed by atoms with Crippen molar-refractivity contribution < 1.29 is 24.1 Å². The van der Waals surface area contributed by atoms with Crippen LogP contribution in [0.2, 0.25) is 0 Å². The van der Waals surface area contributed by atoms with Gasteiger partial charge in [0.15, 0.2) is 11.5 Å². The summed E-state index contributed by atoms with van der Waals surface area (Å²) in [5.74, 6) is 0.605. The van der Waals surface area contributed by atoms with Crippen LogP contribution in [0.15, 0.2) is 30.2 Å². The standard InChI is InChI=1S/C15H16N4O5/c1-22-11-5-4-8(12(23-2)13(11)24-3)10-6-9(14(20)21)18-15-16-7-17-19(10)15/h4-7,10H,1-3H3,(H,20,21)(H,16,17,18). The normalized spacial score (nSPS) is 15.8. The highest BCUT2D eigenvalue weighted by atomic mass is 16.5. The Morgan fingerprint density at radius 2 is 1.96 bits per heavy atom. The molecule has 1 aromatic heterocycles. The number of nitrogens with zero attached hydrogens (tertiary/aromatic N) is 3. The van der Waals surface area contributed by atoms with E-state index in [1.165, 1.54) is 33.7 Å². The minimum absolute atomic E-state index is 0.0114. The zero-order valence-corrected chi connectivity index (χ0v) is 13.3. The van der Waals surface area contributed by atoms with Crippen LogP contribution in [0.4, 0.5) is 5.95 Å². The van der Waals surface area contributed by atoms with E-state index in [-0.39, 0.29) is 5.70 Å². The minimum atomic E-state index is -1.09. The average Bonchev–Trinajstić information content (AvgIpc) is 3.07. The molecule has 0 aliphatic carbocycles. The molecule has 0 fully saturated rings. The number of hydrogen-bond donors (Lipinski definition) is 2. The van der Waals surface area contributed by atoms with Gasteiger partial charge in [-0.05, 0) is 18.2 Å². The molecule has 1 aliphatic rings. The fraction of sp³-hybridized carbons (Fsp3) is 0.267. The Morgan fingerprint density at radius 1 is 1.21 bits per heavy atom. The lowest BCUT2D eigenvalue weighted by Gasteiger charge is -2.25. The maximum absolute atomic E-state index is 11.4. The lowest BCUT2D eigenvalue weighted by atomic mass is 10.0. The predicted octanol–water partition coefficient (Wildman–Crippen LogP) is 1.29. The van der Waals surface area contributed by atoms with Crippen molar-refractivity contribution in [3.05, 3.63) is 35.8 Å². The summed E-state index contributed by atoms with van der Waals surface area (Å²) in [4.78, 5) is 15.4. The molecule has 0 spiro atoms. The molecule has 3 rings (SSSR count). The van der Waals surface area contributed by atoms with E-state index >= 15 is 0 Å². The van der Waals surface area contributed by atoms with Crippen molar-refractivity contribution in [2.45, 2.75) is 6.04 Å². The van der Waals surface area contributed by atoms with Crippen LogP contribution in [0.1, 0.15) is 11.6 Å². The highest BCUT2D eigenvalue weighted by molar-refractivity contribution is 5.90. The van der Waals surface area contributed by atoms with Gasteiger partial charge in [0.05, 0.1) is 21.3 Å². The molecule has 1 unspecified atom stereocenters. The van der Waals surface area contributed by atoms with Gasteiger partial charge in [-0.1, -0.05) is 0 Å². The van der Waals surface area contributed by atoms with E-state index in [2.05, 4.69) is 15.4 Å². The summed E-state index contributed by atoms with van der Waals surface area (Å²) in [6, 6.07) is 2.98. The highest BCUT2D eigenvalue weighted by Gasteiger charge is 2.29. The number of rotatable bonds is 5. The predicted molar refractivity (Wildman–Crippen MR) is 83.6 cm³/mol. The Morgan fingerprint density at radius 3 is 2.58 bits per heavy atom. The summed E-state index contributed by atoms with van der Waals surface area (Å²) in [5, 5.41) is 16.2. The molecule has 126 valence electrons. The van der Waals surface area contributed by atoms with Crippen molar-refractivity contribution >= 4 is 11.9 Å². The van der Waals surface area contributed by atoms with E-state index in [1.807, 2.05) is 0 Å². The molecule has 0 bridgehead atoms. The summed E-state index contributed by atoms with van der Waals surface area (Å²) in [7, 11) is 4.54. The third kappa shape index (κ3) is 2.39. The number of carboxylic acids is 1. The van der Waals surface area contributed by atoms with Crippen LogP contribution in [0, 0.1) is 0 Å². The second kappa shape index (κ2) is 6.11. The van der Waals surface area contributed by atoms with Crippen LogP contribution in [-0.2, 0) is 4.79 Å². The average molecular weight is 332 g/mol. The number of fused-ring (bicyclic) bond motifs is 1. The zero-order valence-electron chi connectivity index (χ0n) is 13.3. The minimum Gasteiger partial charge on any atom is -0.493 e. The molecule has 0 radical (unpaired) electrons. The Bertz CT molecular complexity index is 814. The lowest BCUT2D eigenvalue weighted by molar-refractivity contribution is -0.132. The first-order chi connectivity index (χ1) is 11.6. The zero-order chi connectivity index (χ0) is 17.3. The van der Waals surface area contributed by atoms with Gasteiger partial charge in [0.25, 0.3) is 0 Å². The van der Waals surface area contributed by atoms with E-state index in [0.717, 1.165) is 0 Å². The smallest absolute Gasteiger partial charge is 0.352 e. The quantitative estimate of drug-likeness (QED) is 0.843. The van der Waals surface area contributed by atoms with Crippen LogP contribution >= 0.6 is 0 Å². The van der Waals surface area contributed by atoms with Crippen molar-refractivity contribution in [3.63, 3.8) is 0 Å². The lowest BCUT2D eigenvalue weighted by Crippen LogP contribution is -2.24. The second-order valence-corrected chi connectivity index (χ2v) is 4.91. The molecule has 0 saturated heterocycles. The number of carboxylic acid groups (broad SMARTS) is 1. The summed E-state index contributed by atoms with van der Waals surface area (Å²) >= 11 is 0. The number of nitrogens with one attached hydrogen (secondary N) is 1. The van der Waals surface area contributed by atoms with Gasteiger partial charge in [0.1, 0.15) is 18.1 Å². The molecule has 24 heavy (non-hydrogen) atoms. The first-order valence-electron chi connectivity index (χ1n) is 7.01. The molecule has 2 N–H and O–H groups in total. The Kier molecular flexibility index (Phi) is 3.98. The molecule has 1 aromatic carbocycles. The maximum Gasteiger partial charge on any atom is 0.352 e. The van der Waals surface area contributed by atoms with Crippen LogP contribution in [0.25, 0.3) is 0 Å². The molecule has 1 atom stereocenters. The van der Waals surface area contributed by atoms with E-state index in [1.54, 1.807) is 16.8 Å². The SMILES string of the molecule is COc1ccc(C2C=C(C(=O)O)Nc3ncnn32)c(OC)c1OC. The Balaban J connectivity index is 2.20. The Labute approximate surface area is 137 Å². The maximum atomic E-state index is 11.4. The number of benzene rings is 1. The van der Waals surface area contributed by atoms with Crippen LogP contribution in [-0.4, -0.2) is 47.2 Å². The number of hydrogen-bond acceptors (Lipinski definition) is 7. The molecule has 2 heterocycles. The topological polar surface area (TPSA) is 108 Å². The van der Waals surface area contributed by atoms with Crippen molar-refractivity contribution in [2.24, 2.45) is 0 Å². The number of ether oxygens (including phenoxy) is 3. The largest absolute Gasteiger partial charge is 0.493 e. The third-order valence-electron chi connectivity index (χ3n) is 3.69. The number of aliphatic carboxylic acids is 1. The van der Waals surface area contributed by atoms with E-state index in [0.29, 0.717) is 28.8 Å². The number of carbonyl (C=O) groups is 1. The first-order valence-corrected chi connectivity index (χ1v) is 7.01. The monoisotopic (exact) mass is 332 g/mol. The van der Waals surface area contributed by atoms with Gasteiger partial charge in [-0.3, -0.25) is 0 Å². The Hall–Kier alpha value is -3.23.